The van der Waals surface area contributed by atoms with E-state index in [9.17, 15) is 9.59 Å². The quantitative estimate of drug-likeness (QED) is 0.310. The van der Waals surface area contributed by atoms with E-state index in [0.29, 0.717) is 38.6 Å². The number of ether oxygens (including phenoxy) is 3. The van der Waals surface area contributed by atoms with Gasteiger partial charge < -0.3 is 18.6 Å². The maximum Gasteiger partial charge on any atom is 0.345 e. The molecule has 4 rings (SSSR count). The lowest BCUT2D eigenvalue weighted by molar-refractivity contribution is 0.0735. The Labute approximate surface area is 182 Å². The molecule has 0 saturated heterocycles. The van der Waals surface area contributed by atoms with E-state index >= 15 is 0 Å². The van der Waals surface area contributed by atoms with Gasteiger partial charge >= 0.3 is 5.97 Å². The van der Waals surface area contributed by atoms with E-state index in [-0.39, 0.29) is 16.7 Å². The number of methoxy groups -OCH3 is 2. The maximum atomic E-state index is 13.0. The molecule has 0 fully saturated rings. The predicted octanol–water partition coefficient (Wildman–Crippen LogP) is 5.35. The molecule has 7 heteroatoms. The summed E-state index contributed by atoms with van der Waals surface area (Å²) in [5.41, 5.74) is 1.31. The second-order valence-corrected chi connectivity index (χ2v) is 6.98. The summed E-state index contributed by atoms with van der Waals surface area (Å²) in [4.78, 5) is 25.4. The van der Waals surface area contributed by atoms with Crippen LogP contribution in [0.1, 0.15) is 10.4 Å². The van der Waals surface area contributed by atoms with E-state index in [1.165, 1.54) is 32.6 Å². The smallest absolute Gasteiger partial charge is 0.345 e. The van der Waals surface area contributed by atoms with Gasteiger partial charge in [0.2, 0.25) is 0 Å². The lowest BCUT2D eigenvalue weighted by atomic mass is 10.0. The van der Waals surface area contributed by atoms with Crippen LogP contribution in [0.15, 0.2) is 76.1 Å². The van der Waals surface area contributed by atoms with Gasteiger partial charge in [-0.25, -0.2) is 4.79 Å². The Balaban J connectivity index is 1.68. The Kier molecular flexibility index (Phi) is 5.64. The Morgan fingerprint density at radius 3 is 2.45 bits per heavy atom. The minimum Gasteiger partial charge on any atom is -0.493 e. The molecule has 0 amide bonds. The van der Waals surface area contributed by atoms with Gasteiger partial charge in [0.1, 0.15) is 17.6 Å². The van der Waals surface area contributed by atoms with E-state index < -0.39 is 5.97 Å². The third-order valence-electron chi connectivity index (χ3n) is 4.74. The molecule has 0 radical (unpaired) electrons. The Bertz CT molecular complexity index is 1340. The van der Waals surface area contributed by atoms with Gasteiger partial charge in [-0.3, -0.25) is 4.79 Å². The average molecular weight is 437 g/mol. The minimum atomic E-state index is -0.603. The lowest BCUT2D eigenvalue weighted by Crippen LogP contribution is -2.09. The Morgan fingerprint density at radius 2 is 1.71 bits per heavy atom. The molecule has 156 valence electrons. The highest BCUT2D eigenvalue weighted by atomic mass is 35.5. The molecular weight excluding hydrogens is 420 g/mol. The third kappa shape index (κ3) is 3.98. The predicted molar refractivity (Wildman–Crippen MR) is 117 cm³/mol. The van der Waals surface area contributed by atoms with E-state index in [1.807, 2.05) is 0 Å². The van der Waals surface area contributed by atoms with Crippen molar-refractivity contribution in [3.05, 3.63) is 87.7 Å². The van der Waals surface area contributed by atoms with Crippen LogP contribution in [0.4, 0.5) is 0 Å². The fourth-order valence-corrected chi connectivity index (χ4v) is 3.38. The number of benzene rings is 3. The Hall–Kier alpha value is -3.77. The van der Waals surface area contributed by atoms with Gasteiger partial charge in [0.15, 0.2) is 16.9 Å². The van der Waals surface area contributed by atoms with Gasteiger partial charge in [0.25, 0.3) is 0 Å². The molecule has 6 nitrogen and oxygen atoms in total. The number of hydrogen-bond acceptors (Lipinski definition) is 6. The van der Waals surface area contributed by atoms with Crippen LogP contribution in [-0.4, -0.2) is 20.2 Å². The number of esters is 1. The molecular formula is C24H17ClO6. The van der Waals surface area contributed by atoms with Crippen LogP contribution < -0.4 is 19.6 Å². The van der Waals surface area contributed by atoms with Crippen molar-refractivity contribution >= 4 is 28.5 Å². The van der Waals surface area contributed by atoms with Crippen LogP contribution in [0, 0.1) is 0 Å². The molecule has 1 heterocycles. The highest BCUT2D eigenvalue weighted by molar-refractivity contribution is 6.33. The summed E-state index contributed by atoms with van der Waals surface area (Å²) >= 11 is 6.04. The van der Waals surface area contributed by atoms with Crippen LogP contribution in [-0.2, 0) is 0 Å². The fourth-order valence-electron chi connectivity index (χ4n) is 3.16. The van der Waals surface area contributed by atoms with Crippen LogP contribution >= 0.6 is 11.6 Å². The third-order valence-corrected chi connectivity index (χ3v) is 5.07. The van der Waals surface area contributed by atoms with Gasteiger partial charge in [-0.1, -0.05) is 29.8 Å². The molecule has 3 aromatic carbocycles. The summed E-state index contributed by atoms with van der Waals surface area (Å²) in [7, 11) is 3.06. The largest absolute Gasteiger partial charge is 0.493 e. The zero-order chi connectivity index (χ0) is 22.0. The number of carbonyl (C=O) groups excluding carboxylic acids is 1. The van der Waals surface area contributed by atoms with Crippen LogP contribution in [0.3, 0.4) is 0 Å². The monoisotopic (exact) mass is 436 g/mol. The van der Waals surface area contributed by atoms with Crippen molar-refractivity contribution in [1.82, 2.24) is 0 Å². The summed E-state index contributed by atoms with van der Waals surface area (Å²) < 4.78 is 21.6. The van der Waals surface area contributed by atoms with Crippen LogP contribution in [0.5, 0.6) is 17.2 Å². The first-order valence-corrected chi connectivity index (χ1v) is 9.64. The van der Waals surface area contributed by atoms with Crippen molar-refractivity contribution in [2.75, 3.05) is 14.2 Å². The molecule has 1 aromatic heterocycles. The summed E-state index contributed by atoms with van der Waals surface area (Å²) in [5, 5.41) is 0.643. The molecule has 0 unspecified atom stereocenters. The summed E-state index contributed by atoms with van der Waals surface area (Å²) in [6.45, 7) is 0. The van der Waals surface area contributed by atoms with Crippen molar-refractivity contribution in [3.63, 3.8) is 0 Å². The zero-order valence-electron chi connectivity index (χ0n) is 16.7. The van der Waals surface area contributed by atoms with Crippen molar-refractivity contribution in [2.24, 2.45) is 0 Å². The fraction of sp³-hybridized carbons (Fsp3) is 0.0833. The summed E-state index contributed by atoms with van der Waals surface area (Å²) in [5.74, 6) is 0.691. The zero-order valence-corrected chi connectivity index (χ0v) is 17.4. The average Bonchev–Trinajstić information content (AvgIpc) is 2.79. The van der Waals surface area contributed by atoms with Crippen molar-refractivity contribution in [1.29, 1.82) is 0 Å². The number of rotatable bonds is 5. The van der Waals surface area contributed by atoms with E-state index in [0.717, 1.165) is 0 Å². The van der Waals surface area contributed by atoms with Gasteiger partial charge in [0, 0.05) is 6.07 Å². The maximum absolute atomic E-state index is 13.0. The number of halogens is 1. The van der Waals surface area contributed by atoms with Crippen molar-refractivity contribution in [3.8, 4) is 28.4 Å². The molecule has 0 aliphatic carbocycles. The van der Waals surface area contributed by atoms with Gasteiger partial charge in [0.05, 0.1) is 35.8 Å². The van der Waals surface area contributed by atoms with E-state index in [1.54, 1.807) is 48.5 Å². The van der Waals surface area contributed by atoms with Gasteiger partial charge in [-0.05, 0) is 42.0 Å². The summed E-state index contributed by atoms with van der Waals surface area (Å²) in [6.07, 6.45) is 1.37. The number of hydrogen-bond donors (Lipinski definition) is 0. The SMILES string of the molecule is COc1ccc(-c2coc3cc(OC(=O)c4ccccc4Cl)ccc3c2=O)cc1OC. The first kappa shape index (κ1) is 20.5. The highest BCUT2D eigenvalue weighted by Crippen LogP contribution is 2.32. The molecule has 0 aliphatic rings. The standard InChI is InChI=1S/C24H17ClO6/c1-28-20-10-7-14(11-22(20)29-2)18-13-30-21-12-15(8-9-17(21)23(18)26)31-24(27)16-5-3-4-6-19(16)25/h3-13H,1-2H3. The van der Waals surface area contributed by atoms with E-state index in [4.69, 9.17) is 30.2 Å². The molecule has 0 spiro atoms. The molecule has 31 heavy (non-hydrogen) atoms. The minimum absolute atomic E-state index is 0.225. The Morgan fingerprint density at radius 1 is 0.935 bits per heavy atom. The van der Waals surface area contributed by atoms with Crippen LogP contribution in [0.25, 0.3) is 22.1 Å². The number of fused-ring (bicyclic) bond motifs is 1. The normalized spacial score (nSPS) is 10.7. The highest BCUT2D eigenvalue weighted by Gasteiger charge is 2.15. The molecule has 0 atom stereocenters. The first-order chi connectivity index (χ1) is 15.0. The molecule has 0 aliphatic heterocycles. The second-order valence-electron chi connectivity index (χ2n) is 6.58. The molecule has 0 N–H and O–H groups in total. The van der Waals surface area contributed by atoms with Crippen molar-refractivity contribution < 1.29 is 23.4 Å². The van der Waals surface area contributed by atoms with Crippen LogP contribution in [0.2, 0.25) is 5.02 Å². The summed E-state index contributed by atoms with van der Waals surface area (Å²) in [6, 6.07) is 16.3. The van der Waals surface area contributed by atoms with E-state index in [2.05, 4.69) is 0 Å². The topological polar surface area (TPSA) is 75.0 Å². The van der Waals surface area contributed by atoms with Crippen molar-refractivity contribution in [2.45, 2.75) is 0 Å². The van der Waals surface area contributed by atoms with Gasteiger partial charge in [-0.15, -0.1) is 0 Å². The number of carbonyl (C=O) groups is 1. The molecule has 4 aromatic rings. The first-order valence-electron chi connectivity index (χ1n) is 9.26. The van der Waals surface area contributed by atoms with Gasteiger partial charge in [-0.2, -0.15) is 0 Å². The molecule has 0 bridgehead atoms. The molecule has 0 saturated carbocycles. The second kappa shape index (κ2) is 8.53. The lowest BCUT2D eigenvalue weighted by Gasteiger charge is -2.10.